The third-order valence-corrected chi connectivity index (χ3v) is 6.02. The van der Waals surface area contributed by atoms with Gasteiger partial charge in [-0.15, -0.1) is 0 Å². The first-order valence-corrected chi connectivity index (χ1v) is 8.37. The zero-order valence-corrected chi connectivity index (χ0v) is 11.7. The molecule has 1 heterocycles. The number of ether oxygens (including phenoxy) is 1. The van der Waals surface area contributed by atoms with Crippen LogP contribution in [0.25, 0.3) is 0 Å². The van der Waals surface area contributed by atoms with Crippen LogP contribution in [0.3, 0.4) is 0 Å². The highest BCUT2D eigenvalue weighted by Gasteiger charge is 2.40. The molecule has 0 N–H and O–H groups in total. The summed E-state index contributed by atoms with van der Waals surface area (Å²) in [6, 6.07) is 0. The molecule has 0 aromatic rings. The summed E-state index contributed by atoms with van der Waals surface area (Å²) in [6.07, 6.45) is 10.6. The molecular formula is C14H24O2S. The fourth-order valence-corrected chi connectivity index (χ4v) is 4.80. The molecular weight excluding hydrogens is 232 g/mol. The van der Waals surface area contributed by atoms with Gasteiger partial charge in [-0.25, -0.2) is 0 Å². The van der Waals surface area contributed by atoms with Gasteiger partial charge in [0.2, 0.25) is 0 Å². The van der Waals surface area contributed by atoms with E-state index in [1.165, 1.54) is 44.1 Å². The Morgan fingerprint density at radius 2 is 2.06 bits per heavy atom. The number of hydrogen-bond acceptors (Lipinski definition) is 2. The highest BCUT2D eigenvalue weighted by atomic mass is 32.2. The minimum absolute atomic E-state index is 0.384. The molecule has 0 bridgehead atoms. The lowest BCUT2D eigenvalue weighted by atomic mass is 9.84. The highest BCUT2D eigenvalue weighted by Crippen LogP contribution is 2.38. The van der Waals surface area contributed by atoms with Crippen molar-refractivity contribution in [2.45, 2.75) is 51.9 Å². The Labute approximate surface area is 107 Å². The Bertz CT molecular complexity index is 293. The van der Waals surface area contributed by atoms with Crippen LogP contribution >= 0.6 is 0 Å². The van der Waals surface area contributed by atoms with Crippen molar-refractivity contribution in [1.82, 2.24) is 0 Å². The Morgan fingerprint density at radius 1 is 1.35 bits per heavy atom. The van der Waals surface area contributed by atoms with E-state index >= 15 is 0 Å². The van der Waals surface area contributed by atoms with Gasteiger partial charge in [0.05, 0.1) is 12.9 Å². The van der Waals surface area contributed by atoms with Crippen molar-refractivity contribution in [3.05, 3.63) is 11.8 Å². The molecule has 0 spiro atoms. The largest absolute Gasteiger partial charge is 0.501 e. The van der Waals surface area contributed by atoms with Gasteiger partial charge in [0.15, 0.2) is 0 Å². The van der Waals surface area contributed by atoms with E-state index in [2.05, 4.69) is 6.92 Å². The predicted octanol–water partition coefficient (Wildman–Crippen LogP) is 3.40. The molecule has 0 atom stereocenters. The molecule has 2 aliphatic rings. The van der Waals surface area contributed by atoms with Gasteiger partial charge in [0, 0.05) is 22.3 Å². The van der Waals surface area contributed by atoms with Gasteiger partial charge in [0.1, 0.15) is 0 Å². The van der Waals surface area contributed by atoms with Crippen LogP contribution in [0.15, 0.2) is 11.8 Å². The monoisotopic (exact) mass is 256 g/mol. The average molecular weight is 256 g/mol. The van der Waals surface area contributed by atoms with Crippen LogP contribution in [0.4, 0.5) is 0 Å². The van der Waals surface area contributed by atoms with Crippen molar-refractivity contribution in [2.24, 2.45) is 5.41 Å². The maximum Gasteiger partial charge on any atom is 0.0873 e. The molecule has 1 saturated heterocycles. The van der Waals surface area contributed by atoms with Gasteiger partial charge in [-0.05, 0) is 55.9 Å². The first-order valence-electron chi connectivity index (χ1n) is 6.89. The SMILES string of the molecule is CCC1(CCCOC=C2CCCC2)CS(=O)C1. The second kappa shape index (κ2) is 6.03. The molecule has 0 amide bonds. The first-order chi connectivity index (χ1) is 8.24. The van der Waals surface area contributed by atoms with Crippen LogP contribution in [-0.4, -0.2) is 22.3 Å². The lowest BCUT2D eigenvalue weighted by Gasteiger charge is -2.40. The van der Waals surface area contributed by atoms with Gasteiger partial charge >= 0.3 is 0 Å². The van der Waals surface area contributed by atoms with Crippen molar-refractivity contribution in [2.75, 3.05) is 18.1 Å². The van der Waals surface area contributed by atoms with E-state index in [9.17, 15) is 4.21 Å². The number of rotatable bonds is 6. The summed E-state index contributed by atoms with van der Waals surface area (Å²) in [5.41, 5.74) is 1.87. The molecule has 2 fully saturated rings. The molecule has 0 radical (unpaired) electrons. The van der Waals surface area contributed by atoms with Gasteiger partial charge in [-0.3, -0.25) is 4.21 Å². The maximum absolute atomic E-state index is 11.2. The van der Waals surface area contributed by atoms with Crippen LogP contribution in [0, 0.1) is 5.41 Å². The minimum Gasteiger partial charge on any atom is -0.501 e. The van der Waals surface area contributed by atoms with E-state index in [-0.39, 0.29) is 0 Å². The molecule has 17 heavy (non-hydrogen) atoms. The molecule has 1 aliphatic heterocycles. The maximum atomic E-state index is 11.2. The fourth-order valence-electron chi connectivity index (χ4n) is 2.82. The second-order valence-electron chi connectivity index (χ2n) is 5.54. The molecule has 0 unspecified atom stereocenters. The van der Waals surface area contributed by atoms with E-state index in [4.69, 9.17) is 4.74 Å². The van der Waals surface area contributed by atoms with Crippen LogP contribution in [-0.2, 0) is 15.5 Å². The second-order valence-corrected chi connectivity index (χ2v) is 7.00. The smallest absolute Gasteiger partial charge is 0.0873 e. The third kappa shape index (κ3) is 3.57. The van der Waals surface area contributed by atoms with Crippen molar-refractivity contribution in [3.63, 3.8) is 0 Å². The van der Waals surface area contributed by atoms with Gasteiger partial charge in [-0.1, -0.05) is 6.92 Å². The van der Waals surface area contributed by atoms with Crippen LogP contribution < -0.4 is 0 Å². The van der Waals surface area contributed by atoms with Crippen LogP contribution in [0.1, 0.15) is 51.9 Å². The first kappa shape index (κ1) is 13.1. The standard InChI is InChI=1S/C14H24O2S/c1-2-14(11-17(15)12-14)8-5-9-16-10-13-6-3-4-7-13/h10H,2-9,11-12H2,1H3. The lowest BCUT2D eigenvalue weighted by molar-refractivity contribution is 0.206. The van der Waals surface area contributed by atoms with Crippen LogP contribution in [0.2, 0.25) is 0 Å². The van der Waals surface area contributed by atoms with E-state index < -0.39 is 10.8 Å². The van der Waals surface area contributed by atoms with E-state index in [1.807, 2.05) is 6.26 Å². The molecule has 2 nitrogen and oxygen atoms in total. The zero-order valence-electron chi connectivity index (χ0n) is 10.9. The van der Waals surface area contributed by atoms with E-state index in [0.29, 0.717) is 5.41 Å². The third-order valence-electron chi connectivity index (χ3n) is 4.15. The molecule has 1 saturated carbocycles. The Balaban J connectivity index is 1.59. The van der Waals surface area contributed by atoms with Crippen molar-refractivity contribution < 1.29 is 8.95 Å². The quantitative estimate of drug-likeness (QED) is 0.538. The topological polar surface area (TPSA) is 26.3 Å². The molecule has 0 aromatic heterocycles. The zero-order chi connectivity index (χ0) is 12.1. The lowest BCUT2D eigenvalue weighted by Crippen LogP contribution is -2.44. The van der Waals surface area contributed by atoms with Crippen molar-refractivity contribution >= 4 is 10.8 Å². The van der Waals surface area contributed by atoms with Crippen molar-refractivity contribution in [1.29, 1.82) is 0 Å². The molecule has 2 rings (SSSR count). The Hall–Kier alpha value is -0.310. The Morgan fingerprint density at radius 3 is 2.65 bits per heavy atom. The normalized spacial score (nSPS) is 32.3. The summed E-state index contributed by atoms with van der Waals surface area (Å²) in [6.45, 7) is 3.05. The highest BCUT2D eigenvalue weighted by molar-refractivity contribution is 7.86. The minimum atomic E-state index is -0.523. The van der Waals surface area contributed by atoms with E-state index in [0.717, 1.165) is 24.5 Å². The molecule has 0 aromatic carbocycles. The fraction of sp³-hybridized carbons (Fsp3) is 0.857. The number of allylic oxidation sites excluding steroid dienone is 1. The molecule has 98 valence electrons. The Kier molecular flexibility index (Phi) is 4.66. The van der Waals surface area contributed by atoms with Gasteiger partial charge in [-0.2, -0.15) is 0 Å². The van der Waals surface area contributed by atoms with Gasteiger partial charge in [0.25, 0.3) is 0 Å². The summed E-state index contributed by atoms with van der Waals surface area (Å²) in [5, 5.41) is 0. The number of hydrogen-bond donors (Lipinski definition) is 0. The van der Waals surface area contributed by atoms with E-state index in [1.54, 1.807) is 0 Å². The average Bonchev–Trinajstić information content (AvgIpc) is 2.78. The summed E-state index contributed by atoms with van der Waals surface area (Å²) in [7, 11) is -0.523. The molecule has 1 aliphatic carbocycles. The summed E-state index contributed by atoms with van der Waals surface area (Å²) >= 11 is 0. The molecule has 3 heteroatoms. The summed E-state index contributed by atoms with van der Waals surface area (Å²) in [5.74, 6) is 1.84. The van der Waals surface area contributed by atoms with Crippen LogP contribution in [0.5, 0.6) is 0 Å². The summed E-state index contributed by atoms with van der Waals surface area (Å²) in [4.78, 5) is 0. The summed E-state index contributed by atoms with van der Waals surface area (Å²) < 4.78 is 16.8. The predicted molar refractivity (Wildman–Crippen MR) is 72.3 cm³/mol. The van der Waals surface area contributed by atoms with Gasteiger partial charge < -0.3 is 4.74 Å². The van der Waals surface area contributed by atoms with Crippen molar-refractivity contribution in [3.8, 4) is 0 Å².